The van der Waals surface area contributed by atoms with Gasteiger partial charge < -0.3 is 0 Å². The minimum Gasteiger partial charge on any atom is -0.288 e. The van der Waals surface area contributed by atoms with Crippen molar-refractivity contribution in [3.8, 4) is 0 Å². The molecule has 0 fully saturated rings. The van der Waals surface area contributed by atoms with Gasteiger partial charge in [0.25, 0.3) is 0 Å². The van der Waals surface area contributed by atoms with E-state index in [1.807, 2.05) is 54.8 Å². The lowest BCUT2D eigenvalue weighted by molar-refractivity contribution is 0.105. The van der Waals surface area contributed by atoms with Gasteiger partial charge in [-0.15, -0.1) is 11.3 Å². The maximum absolute atomic E-state index is 11.7. The summed E-state index contributed by atoms with van der Waals surface area (Å²) in [7, 11) is 0. The minimum atomic E-state index is 0.0653. The maximum atomic E-state index is 11.7. The topological polar surface area (TPSA) is 17.1 Å². The van der Waals surface area contributed by atoms with Gasteiger partial charge in [-0.1, -0.05) is 42.0 Å². The van der Waals surface area contributed by atoms with E-state index in [9.17, 15) is 4.79 Å². The molecule has 0 radical (unpaired) electrons. The fourth-order valence-corrected chi connectivity index (χ4v) is 2.00. The number of hydrogen-bond acceptors (Lipinski definition) is 2. The first-order valence-corrected chi connectivity index (χ1v) is 5.96. The summed E-state index contributed by atoms with van der Waals surface area (Å²) < 4.78 is 0. The highest BCUT2D eigenvalue weighted by atomic mass is 32.1. The van der Waals surface area contributed by atoms with Crippen LogP contribution >= 0.6 is 11.3 Å². The summed E-state index contributed by atoms with van der Waals surface area (Å²) in [6.07, 6.45) is 3.47. The van der Waals surface area contributed by atoms with Crippen LogP contribution in [0.2, 0.25) is 0 Å². The lowest BCUT2D eigenvalue weighted by Crippen LogP contribution is -1.88. The van der Waals surface area contributed by atoms with Crippen LogP contribution in [-0.4, -0.2) is 5.78 Å². The van der Waals surface area contributed by atoms with Crippen molar-refractivity contribution in [2.24, 2.45) is 0 Å². The van der Waals surface area contributed by atoms with Gasteiger partial charge in [-0.3, -0.25) is 4.79 Å². The normalized spacial score (nSPS) is 10.8. The molecule has 1 heterocycles. The maximum Gasteiger partial charge on any atom is 0.195 e. The summed E-state index contributed by atoms with van der Waals surface area (Å²) in [5.74, 6) is 0.0653. The van der Waals surface area contributed by atoms with Crippen LogP contribution in [0, 0.1) is 6.92 Å². The van der Waals surface area contributed by atoms with Gasteiger partial charge in [0, 0.05) is 0 Å². The molecule has 2 aromatic rings. The highest BCUT2D eigenvalue weighted by Gasteiger charge is 2.00. The summed E-state index contributed by atoms with van der Waals surface area (Å²) in [5, 5.41) is 1.91. The van der Waals surface area contributed by atoms with Crippen LogP contribution in [0.1, 0.15) is 20.8 Å². The van der Waals surface area contributed by atoms with Crippen LogP contribution in [0.3, 0.4) is 0 Å². The number of carbonyl (C=O) groups is 1. The number of rotatable bonds is 3. The highest BCUT2D eigenvalue weighted by molar-refractivity contribution is 7.12. The molecular weight excluding hydrogens is 216 g/mol. The molecule has 0 aliphatic heterocycles. The number of thiophene rings is 1. The molecule has 0 N–H and O–H groups in total. The van der Waals surface area contributed by atoms with Crippen LogP contribution in [0.4, 0.5) is 0 Å². The van der Waals surface area contributed by atoms with E-state index in [1.54, 1.807) is 6.08 Å². The lowest BCUT2D eigenvalue weighted by Gasteiger charge is -1.94. The molecule has 0 saturated carbocycles. The smallest absolute Gasteiger partial charge is 0.195 e. The standard InChI is InChI=1S/C14H12OS/c1-11-4-6-12(7-5-11)8-9-13(15)14-3-2-10-16-14/h2-10H,1H3/b9-8-. The minimum absolute atomic E-state index is 0.0653. The largest absolute Gasteiger partial charge is 0.288 e. The molecule has 0 unspecified atom stereocenters. The Kier molecular flexibility index (Phi) is 3.32. The van der Waals surface area contributed by atoms with Crippen LogP contribution in [0.5, 0.6) is 0 Å². The molecule has 16 heavy (non-hydrogen) atoms. The highest BCUT2D eigenvalue weighted by Crippen LogP contribution is 2.11. The molecule has 80 valence electrons. The zero-order chi connectivity index (χ0) is 11.4. The molecule has 0 spiro atoms. The molecule has 0 aliphatic rings. The van der Waals surface area contributed by atoms with Crippen molar-refractivity contribution in [2.75, 3.05) is 0 Å². The van der Waals surface area contributed by atoms with E-state index in [2.05, 4.69) is 0 Å². The zero-order valence-corrected chi connectivity index (χ0v) is 9.83. The fraction of sp³-hybridized carbons (Fsp3) is 0.0714. The van der Waals surface area contributed by atoms with Gasteiger partial charge in [0.15, 0.2) is 5.78 Å². The van der Waals surface area contributed by atoms with E-state index in [0.29, 0.717) is 0 Å². The third-order valence-corrected chi connectivity index (χ3v) is 3.15. The molecule has 1 aromatic carbocycles. The molecule has 2 rings (SSSR count). The van der Waals surface area contributed by atoms with E-state index in [0.717, 1.165) is 10.4 Å². The first kappa shape index (κ1) is 10.8. The second-order valence-corrected chi connectivity index (χ2v) is 4.53. The molecule has 0 aliphatic carbocycles. The molecule has 0 atom stereocenters. The Hall–Kier alpha value is -1.67. The van der Waals surface area contributed by atoms with E-state index < -0.39 is 0 Å². The first-order valence-electron chi connectivity index (χ1n) is 5.08. The van der Waals surface area contributed by atoms with Gasteiger partial charge in [0.1, 0.15) is 0 Å². The first-order chi connectivity index (χ1) is 7.75. The van der Waals surface area contributed by atoms with Crippen LogP contribution in [0.25, 0.3) is 6.08 Å². The summed E-state index contributed by atoms with van der Waals surface area (Å²) in [6, 6.07) is 11.8. The van der Waals surface area contributed by atoms with Gasteiger partial charge >= 0.3 is 0 Å². The van der Waals surface area contributed by atoms with Crippen molar-refractivity contribution in [1.29, 1.82) is 0 Å². The average Bonchev–Trinajstić information content (AvgIpc) is 2.81. The third kappa shape index (κ3) is 2.67. The monoisotopic (exact) mass is 228 g/mol. The Morgan fingerprint density at radius 1 is 1.19 bits per heavy atom. The van der Waals surface area contributed by atoms with E-state index in [4.69, 9.17) is 0 Å². The Balaban J connectivity index is 2.10. The van der Waals surface area contributed by atoms with Crippen molar-refractivity contribution in [2.45, 2.75) is 6.92 Å². The number of ketones is 1. The number of carbonyl (C=O) groups excluding carboxylic acids is 1. The summed E-state index contributed by atoms with van der Waals surface area (Å²) in [5.41, 5.74) is 2.28. The summed E-state index contributed by atoms with van der Waals surface area (Å²) in [4.78, 5) is 12.5. The van der Waals surface area contributed by atoms with Gasteiger partial charge in [0.2, 0.25) is 0 Å². The molecular formula is C14H12OS. The summed E-state index contributed by atoms with van der Waals surface area (Å²) >= 11 is 1.47. The van der Waals surface area contributed by atoms with Crippen molar-refractivity contribution in [1.82, 2.24) is 0 Å². The number of benzene rings is 1. The molecule has 0 bridgehead atoms. The third-order valence-electron chi connectivity index (χ3n) is 2.27. The Morgan fingerprint density at radius 2 is 1.94 bits per heavy atom. The number of aryl methyl sites for hydroxylation is 1. The quantitative estimate of drug-likeness (QED) is 0.574. The van der Waals surface area contributed by atoms with E-state index in [-0.39, 0.29) is 5.78 Å². The van der Waals surface area contributed by atoms with Gasteiger partial charge in [-0.25, -0.2) is 0 Å². The second kappa shape index (κ2) is 4.90. The SMILES string of the molecule is Cc1ccc(/C=C\C(=O)c2cccs2)cc1. The molecule has 0 amide bonds. The Labute approximate surface area is 99.1 Å². The molecule has 2 heteroatoms. The average molecular weight is 228 g/mol. The van der Waals surface area contributed by atoms with Crippen LogP contribution in [-0.2, 0) is 0 Å². The lowest BCUT2D eigenvalue weighted by atomic mass is 10.1. The Morgan fingerprint density at radius 3 is 2.56 bits per heavy atom. The van der Waals surface area contributed by atoms with Crippen molar-refractivity contribution < 1.29 is 4.79 Å². The van der Waals surface area contributed by atoms with Gasteiger partial charge in [-0.05, 0) is 30.0 Å². The summed E-state index contributed by atoms with van der Waals surface area (Å²) in [6.45, 7) is 2.05. The van der Waals surface area contributed by atoms with Crippen LogP contribution < -0.4 is 0 Å². The second-order valence-electron chi connectivity index (χ2n) is 3.59. The van der Waals surface area contributed by atoms with Crippen molar-refractivity contribution in [3.63, 3.8) is 0 Å². The Bertz CT molecular complexity index is 492. The number of hydrogen-bond donors (Lipinski definition) is 0. The van der Waals surface area contributed by atoms with Crippen molar-refractivity contribution in [3.05, 3.63) is 63.9 Å². The van der Waals surface area contributed by atoms with Gasteiger partial charge in [-0.2, -0.15) is 0 Å². The molecule has 0 saturated heterocycles. The molecule has 1 aromatic heterocycles. The van der Waals surface area contributed by atoms with Gasteiger partial charge in [0.05, 0.1) is 4.88 Å². The van der Waals surface area contributed by atoms with E-state index >= 15 is 0 Å². The molecule has 1 nitrogen and oxygen atoms in total. The number of allylic oxidation sites excluding steroid dienone is 1. The predicted octanol–water partition coefficient (Wildman–Crippen LogP) is 3.95. The predicted molar refractivity (Wildman–Crippen MR) is 68.9 cm³/mol. The zero-order valence-electron chi connectivity index (χ0n) is 9.01. The van der Waals surface area contributed by atoms with Crippen LogP contribution in [0.15, 0.2) is 47.9 Å². The van der Waals surface area contributed by atoms with Crippen molar-refractivity contribution >= 4 is 23.2 Å². The fourth-order valence-electron chi connectivity index (χ4n) is 1.35. The van der Waals surface area contributed by atoms with E-state index in [1.165, 1.54) is 16.9 Å².